The molecule has 1 aromatic heterocycles. The lowest BCUT2D eigenvalue weighted by molar-refractivity contribution is 0.397. The van der Waals surface area contributed by atoms with E-state index in [1.807, 2.05) is 0 Å². The minimum absolute atomic E-state index is 0.478. The van der Waals surface area contributed by atoms with Crippen molar-refractivity contribution in [1.82, 2.24) is 9.97 Å². The van der Waals surface area contributed by atoms with E-state index >= 15 is 0 Å². The molecular weight excluding hydrogens is 252 g/mol. The highest BCUT2D eigenvalue weighted by Gasteiger charge is 2.29. The van der Waals surface area contributed by atoms with Gasteiger partial charge in [-0.25, -0.2) is 4.98 Å². The van der Waals surface area contributed by atoms with Crippen molar-refractivity contribution >= 4 is 11.5 Å². The lowest BCUT2D eigenvalue weighted by atomic mass is 10.1. The number of methoxy groups -OCH3 is 1. The maximum atomic E-state index is 6.13. The number of ether oxygens (including phenoxy) is 1. The van der Waals surface area contributed by atoms with Crippen LogP contribution < -0.4 is 15.8 Å². The third kappa shape index (κ3) is 2.97. The Morgan fingerprint density at radius 3 is 2.35 bits per heavy atom. The highest BCUT2D eigenvalue weighted by atomic mass is 16.5. The molecule has 0 atom stereocenters. The molecular formula is C15H24N4O. The molecule has 2 saturated carbocycles. The highest BCUT2D eigenvalue weighted by molar-refractivity contribution is 5.67. The van der Waals surface area contributed by atoms with Crippen molar-refractivity contribution in [2.24, 2.45) is 0 Å². The first-order valence-electron chi connectivity index (χ1n) is 7.76. The quantitative estimate of drug-likeness (QED) is 0.827. The molecule has 3 rings (SSSR count). The Morgan fingerprint density at radius 1 is 1.05 bits per heavy atom. The van der Waals surface area contributed by atoms with E-state index < -0.39 is 0 Å². The van der Waals surface area contributed by atoms with E-state index in [-0.39, 0.29) is 0 Å². The molecule has 1 aromatic rings. The Morgan fingerprint density at radius 2 is 1.75 bits per heavy atom. The molecule has 0 amide bonds. The highest BCUT2D eigenvalue weighted by Crippen LogP contribution is 2.40. The predicted molar refractivity (Wildman–Crippen MR) is 80.1 cm³/mol. The van der Waals surface area contributed by atoms with Crippen LogP contribution in [-0.4, -0.2) is 23.1 Å². The lowest BCUT2D eigenvalue weighted by Crippen LogP contribution is -2.21. The summed E-state index contributed by atoms with van der Waals surface area (Å²) in [5.74, 6) is 2.66. The summed E-state index contributed by atoms with van der Waals surface area (Å²) < 4.78 is 5.30. The van der Waals surface area contributed by atoms with Crippen LogP contribution in [-0.2, 0) is 0 Å². The van der Waals surface area contributed by atoms with Gasteiger partial charge in [0.2, 0.25) is 5.88 Å². The summed E-state index contributed by atoms with van der Waals surface area (Å²) in [7, 11) is 1.62. The van der Waals surface area contributed by atoms with Crippen molar-refractivity contribution in [1.29, 1.82) is 0 Å². The molecule has 0 bridgehead atoms. The second kappa shape index (κ2) is 5.85. The molecule has 5 nitrogen and oxygen atoms in total. The molecule has 1 heterocycles. The zero-order chi connectivity index (χ0) is 13.9. The zero-order valence-electron chi connectivity index (χ0n) is 12.2. The number of nitrogens with zero attached hydrogens (tertiary/aromatic N) is 2. The molecule has 3 N–H and O–H groups in total. The van der Waals surface area contributed by atoms with Crippen LogP contribution in [0.15, 0.2) is 0 Å². The van der Waals surface area contributed by atoms with Crippen LogP contribution in [0.25, 0.3) is 0 Å². The second-order valence-electron chi connectivity index (χ2n) is 5.96. The molecule has 0 spiro atoms. The van der Waals surface area contributed by atoms with E-state index in [1.54, 1.807) is 7.11 Å². The second-order valence-corrected chi connectivity index (χ2v) is 5.96. The summed E-state index contributed by atoms with van der Waals surface area (Å²) in [6, 6.07) is 0.478. The van der Waals surface area contributed by atoms with Gasteiger partial charge in [0.1, 0.15) is 11.5 Å². The number of aromatic nitrogens is 2. The van der Waals surface area contributed by atoms with Gasteiger partial charge in [0, 0.05) is 12.0 Å². The number of nitrogens with one attached hydrogen (secondary N) is 1. The molecule has 0 saturated heterocycles. The summed E-state index contributed by atoms with van der Waals surface area (Å²) >= 11 is 0. The number of nitrogen functional groups attached to an aromatic ring is 1. The van der Waals surface area contributed by atoms with Crippen molar-refractivity contribution in [2.45, 2.75) is 63.3 Å². The van der Waals surface area contributed by atoms with Crippen molar-refractivity contribution in [3.8, 4) is 5.88 Å². The summed E-state index contributed by atoms with van der Waals surface area (Å²) in [5.41, 5.74) is 6.67. The van der Waals surface area contributed by atoms with Gasteiger partial charge in [-0.2, -0.15) is 4.98 Å². The molecule has 0 aromatic carbocycles. The third-order valence-corrected chi connectivity index (χ3v) is 4.26. The minimum Gasteiger partial charge on any atom is -0.479 e. The first-order chi connectivity index (χ1) is 9.78. The average molecular weight is 276 g/mol. The zero-order valence-corrected chi connectivity index (χ0v) is 12.2. The fourth-order valence-corrected chi connectivity index (χ4v) is 2.87. The van der Waals surface area contributed by atoms with Crippen LogP contribution >= 0.6 is 0 Å². The molecule has 2 aliphatic carbocycles. The first kappa shape index (κ1) is 13.5. The summed E-state index contributed by atoms with van der Waals surface area (Å²) in [5, 5.41) is 3.53. The maximum absolute atomic E-state index is 6.13. The van der Waals surface area contributed by atoms with Gasteiger partial charge in [0.25, 0.3) is 0 Å². The van der Waals surface area contributed by atoms with Crippen molar-refractivity contribution in [3.63, 3.8) is 0 Å². The average Bonchev–Trinajstić information content (AvgIpc) is 3.27. The number of anilines is 2. The van der Waals surface area contributed by atoms with E-state index in [4.69, 9.17) is 10.5 Å². The van der Waals surface area contributed by atoms with Gasteiger partial charge in [0.15, 0.2) is 5.82 Å². The fourth-order valence-electron chi connectivity index (χ4n) is 2.87. The molecule has 2 aliphatic rings. The topological polar surface area (TPSA) is 73.1 Å². The van der Waals surface area contributed by atoms with E-state index in [1.165, 1.54) is 51.4 Å². The summed E-state index contributed by atoms with van der Waals surface area (Å²) in [4.78, 5) is 9.07. The van der Waals surface area contributed by atoms with Gasteiger partial charge in [-0.05, 0) is 25.7 Å². The largest absolute Gasteiger partial charge is 0.479 e. The standard InChI is InChI=1S/C15H24N4O/c1-20-15-12(16)14(18-13(19-15)10-8-9-10)17-11-6-4-2-3-5-7-11/h10-11H,2-9,16H2,1H3,(H,17,18,19). The van der Waals surface area contributed by atoms with Crippen molar-refractivity contribution < 1.29 is 4.74 Å². The maximum Gasteiger partial charge on any atom is 0.242 e. The Labute approximate surface area is 120 Å². The van der Waals surface area contributed by atoms with E-state index in [9.17, 15) is 0 Å². The van der Waals surface area contributed by atoms with Crippen LogP contribution in [0.4, 0.5) is 11.5 Å². The van der Waals surface area contributed by atoms with Crippen LogP contribution in [0.3, 0.4) is 0 Å². The van der Waals surface area contributed by atoms with Crippen molar-refractivity contribution in [2.75, 3.05) is 18.2 Å². The molecule has 5 heteroatoms. The molecule has 0 unspecified atom stereocenters. The minimum atomic E-state index is 0.478. The molecule has 110 valence electrons. The number of hydrogen-bond acceptors (Lipinski definition) is 5. The van der Waals surface area contributed by atoms with E-state index in [0.29, 0.717) is 23.5 Å². The third-order valence-electron chi connectivity index (χ3n) is 4.26. The van der Waals surface area contributed by atoms with Gasteiger partial charge >= 0.3 is 0 Å². The van der Waals surface area contributed by atoms with Gasteiger partial charge in [-0.15, -0.1) is 0 Å². The monoisotopic (exact) mass is 276 g/mol. The molecule has 0 aliphatic heterocycles. The smallest absolute Gasteiger partial charge is 0.242 e. The summed E-state index contributed by atoms with van der Waals surface area (Å²) in [6.07, 6.45) is 10.0. The van der Waals surface area contributed by atoms with Crippen LogP contribution in [0.5, 0.6) is 5.88 Å². The van der Waals surface area contributed by atoms with Crippen LogP contribution in [0.1, 0.15) is 63.1 Å². The molecule has 0 radical (unpaired) electrons. The van der Waals surface area contributed by atoms with E-state index in [0.717, 1.165) is 11.6 Å². The summed E-state index contributed by atoms with van der Waals surface area (Å²) in [6.45, 7) is 0. The molecule has 2 fully saturated rings. The Bertz CT molecular complexity index is 465. The number of nitrogens with two attached hydrogens (primary N) is 1. The Kier molecular flexibility index (Phi) is 3.94. The molecule has 20 heavy (non-hydrogen) atoms. The normalized spacial score (nSPS) is 20.4. The Hall–Kier alpha value is -1.52. The fraction of sp³-hybridized carbons (Fsp3) is 0.733. The number of hydrogen-bond donors (Lipinski definition) is 2. The lowest BCUT2D eigenvalue weighted by Gasteiger charge is -2.19. The Balaban J connectivity index is 1.81. The van der Waals surface area contributed by atoms with Crippen LogP contribution in [0.2, 0.25) is 0 Å². The van der Waals surface area contributed by atoms with Crippen molar-refractivity contribution in [3.05, 3.63) is 5.82 Å². The van der Waals surface area contributed by atoms with Gasteiger partial charge in [-0.1, -0.05) is 25.7 Å². The van der Waals surface area contributed by atoms with Crippen LogP contribution in [0, 0.1) is 0 Å². The SMILES string of the molecule is COc1nc(C2CC2)nc(NC2CCCCCC2)c1N. The van der Waals surface area contributed by atoms with E-state index in [2.05, 4.69) is 15.3 Å². The van der Waals surface area contributed by atoms with Gasteiger partial charge in [0.05, 0.1) is 7.11 Å². The number of rotatable bonds is 4. The van der Waals surface area contributed by atoms with Gasteiger partial charge < -0.3 is 15.8 Å². The first-order valence-corrected chi connectivity index (χ1v) is 7.76. The predicted octanol–water partition coefficient (Wildman–Crippen LogP) is 3.08. The van der Waals surface area contributed by atoms with Gasteiger partial charge in [-0.3, -0.25) is 0 Å².